The van der Waals surface area contributed by atoms with Crippen LogP contribution in [0.5, 0.6) is 0 Å². The van der Waals surface area contributed by atoms with Crippen molar-refractivity contribution in [3.05, 3.63) is 65.9 Å². The van der Waals surface area contributed by atoms with Gasteiger partial charge in [-0.25, -0.2) is 13.1 Å². The van der Waals surface area contributed by atoms with E-state index in [-0.39, 0.29) is 17.2 Å². The summed E-state index contributed by atoms with van der Waals surface area (Å²) in [5, 5.41) is 0.987. The molecule has 0 saturated carbocycles. The van der Waals surface area contributed by atoms with Gasteiger partial charge >= 0.3 is 0 Å². The molecular formula is C19H18N2O4S. The molecule has 1 aromatic heterocycles. The van der Waals surface area contributed by atoms with Crippen molar-refractivity contribution >= 4 is 32.6 Å². The van der Waals surface area contributed by atoms with E-state index in [1.807, 2.05) is 37.3 Å². The molecule has 1 amide bonds. The van der Waals surface area contributed by atoms with E-state index < -0.39 is 15.9 Å². The Morgan fingerprint density at radius 1 is 1.04 bits per heavy atom. The first-order valence-corrected chi connectivity index (χ1v) is 9.48. The van der Waals surface area contributed by atoms with Crippen LogP contribution in [-0.2, 0) is 21.4 Å². The predicted octanol–water partition coefficient (Wildman–Crippen LogP) is 2.66. The van der Waals surface area contributed by atoms with Gasteiger partial charge < -0.3 is 4.57 Å². The maximum Gasteiger partial charge on any atom is 0.264 e. The SMILES string of the molecule is CC(=O)c1ccc(S(=O)(=O)NC(=O)Cn2c(C)cc3ccccc32)cc1. The number of rotatable bonds is 5. The number of Topliss-reactive ketones (excluding diaryl/α,β-unsaturated/α-hetero) is 1. The summed E-state index contributed by atoms with van der Waals surface area (Å²) in [6.07, 6.45) is 0. The highest BCUT2D eigenvalue weighted by atomic mass is 32.2. The van der Waals surface area contributed by atoms with Crippen LogP contribution in [-0.4, -0.2) is 24.7 Å². The maximum absolute atomic E-state index is 12.4. The normalized spacial score (nSPS) is 11.5. The second-order valence-corrected chi connectivity index (χ2v) is 7.72. The first kappa shape index (κ1) is 17.9. The first-order valence-electron chi connectivity index (χ1n) is 7.99. The minimum absolute atomic E-state index is 0.0649. The highest BCUT2D eigenvalue weighted by Crippen LogP contribution is 2.19. The van der Waals surface area contributed by atoms with Gasteiger partial charge in [0, 0.05) is 16.8 Å². The molecule has 0 radical (unpaired) electrons. The second-order valence-electron chi connectivity index (χ2n) is 6.04. The number of nitrogens with one attached hydrogen (secondary N) is 1. The van der Waals surface area contributed by atoms with E-state index in [1.165, 1.54) is 31.2 Å². The molecule has 0 saturated heterocycles. The number of sulfonamides is 1. The van der Waals surface area contributed by atoms with Crippen molar-refractivity contribution in [3.8, 4) is 0 Å². The number of para-hydroxylation sites is 1. The van der Waals surface area contributed by atoms with Gasteiger partial charge in [-0.1, -0.05) is 30.3 Å². The van der Waals surface area contributed by atoms with E-state index in [4.69, 9.17) is 0 Å². The minimum atomic E-state index is -4.00. The van der Waals surface area contributed by atoms with Gasteiger partial charge in [-0.3, -0.25) is 9.59 Å². The molecule has 1 N–H and O–H groups in total. The third-order valence-corrected chi connectivity index (χ3v) is 5.53. The van der Waals surface area contributed by atoms with Crippen LogP contribution in [0, 0.1) is 6.92 Å². The Kier molecular flexibility index (Phi) is 4.65. The summed E-state index contributed by atoms with van der Waals surface area (Å²) < 4.78 is 28.6. The summed E-state index contributed by atoms with van der Waals surface area (Å²) in [6.45, 7) is 3.15. The summed E-state index contributed by atoms with van der Waals surface area (Å²) in [5.41, 5.74) is 2.14. The third-order valence-electron chi connectivity index (χ3n) is 4.14. The molecular weight excluding hydrogens is 352 g/mol. The molecule has 3 aromatic rings. The molecule has 0 bridgehead atoms. The lowest BCUT2D eigenvalue weighted by atomic mass is 10.2. The average molecular weight is 370 g/mol. The van der Waals surface area contributed by atoms with Crippen molar-refractivity contribution in [2.75, 3.05) is 0 Å². The summed E-state index contributed by atoms with van der Waals surface area (Å²) >= 11 is 0. The summed E-state index contributed by atoms with van der Waals surface area (Å²) in [7, 11) is -4.00. The number of amides is 1. The lowest BCUT2D eigenvalue weighted by Crippen LogP contribution is -2.33. The molecule has 7 heteroatoms. The molecule has 26 heavy (non-hydrogen) atoms. The highest BCUT2D eigenvalue weighted by Gasteiger charge is 2.19. The fraction of sp³-hybridized carbons (Fsp3) is 0.158. The fourth-order valence-corrected chi connectivity index (χ4v) is 3.79. The van der Waals surface area contributed by atoms with Crippen molar-refractivity contribution in [2.24, 2.45) is 0 Å². The number of nitrogens with zero attached hydrogens (tertiary/aromatic N) is 1. The number of hydrogen-bond acceptors (Lipinski definition) is 4. The summed E-state index contributed by atoms with van der Waals surface area (Å²) in [4.78, 5) is 23.5. The van der Waals surface area contributed by atoms with E-state index in [0.29, 0.717) is 5.56 Å². The van der Waals surface area contributed by atoms with E-state index in [9.17, 15) is 18.0 Å². The Labute approximate surface area is 151 Å². The quantitative estimate of drug-likeness (QED) is 0.700. The summed E-state index contributed by atoms with van der Waals surface area (Å²) in [6, 6.07) is 15.0. The molecule has 0 fully saturated rings. The molecule has 2 aromatic carbocycles. The lowest BCUT2D eigenvalue weighted by Gasteiger charge is -2.10. The Bertz CT molecular complexity index is 1100. The van der Waals surface area contributed by atoms with E-state index in [1.54, 1.807) is 4.57 Å². The molecule has 0 atom stereocenters. The van der Waals surface area contributed by atoms with Crippen LogP contribution in [0.1, 0.15) is 23.0 Å². The van der Waals surface area contributed by atoms with Crippen molar-refractivity contribution in [1.82, 2.24) is 9.29 Å². The van der Waals surface area contributed by atoms with Crippen molar-refractivity contribution in [3.63, 3.8) is 0 Å². The molecule has 6 nitrogen and oxygen atoms in total. The first-order chi connectivity index (χ1) is 12.3. The number of fused-ring (bicyclic) bond motifs is 1. The molecule has 0 unspecified atom stereocenters. The number of ketones is 1. The van der Waals surface area contributed by atoms with Crippen LogP contribution in [0.25, 0.3) is 10.9 Å². The fourth-order valence-electron chi connectivity index (χ4n) is 2.81. The van der Waals surface area contributed by atoms with Gasteiger partial charge in [0.2, 0.25) is 0 Å². The molecule has 1 heterocycles. The number of carbonyl (C=O) groups excluding carboxylic acids is 2. The van der Waals surface area contributed by atoms with Gasteiger partial charge in [0.25, 0.3) is 15.9 Å². The van der Waals surface area contributed by atoms with Crippen LogP contribution in [0.3, 0.4) is 0 Å². The number of carbonyl (C=O) groups is 2. The number of hydrogen-bond donors (Lipinski definition) is 1. The Balaban J connectivity index is 1.80. The van der Waals surface area contributed by atoms with Gasteiger partial charge in [0.15, 0.2) is 5.78 Å². The molecule has 0 aliphatic rings. The van der Waals surface area contributed by atoms with E-state index in [2.05, 4.69) is 4.72 Å². The van der Waals surface area contributed by atoms with E-state index >= 15 is 0 Å². The van der Waals surface area contributed by atoms with Crippen LogP contribution in [0.15, 0.2) is 59.5 Å². The van der Waals surface area contributed by atoms with Crippen molar-refractivity contribution < 1.29 is 18.0 Å². The summed E-state index contributed by atoms with van der Waals surface area (Å²) in [5.74, 6) is -0.793. The zero-order valence-corrected chi connectivity index (χ0v) is 15.2. The van der Waals surface area contributed by atoms with Gasteiger partial charge in [-0.05, 0) is 43.5 Å². The van der Waals surface area contributed by atoms with Gasteiger partial charge in [0.05, 0.1) is 4.90 Å². The topological polar surface area (TPSA) is 85.2 Å². The molecule has 0 aliphatic carbocycles. The number of aryl methyl sites for hydroxylation is 1. The smallest absolute Gasteiger partial charge is 0.264 e. The Hall–Kier alpha value is -2.93. The molecule has 3 rings (SSSR count). The lowest BCUT2D eigenvalue weighted by molar-refractivity contribution is -0.119. The minimum Gasteiger partial charge on any atom is -0.335 e. The molecule has 134 valence electrons. The van der Waals surface area contributed by atoms with Gasteiger partial charge in [-0.15, -0.1) is 0 Å². The Morgan fingerprint density at radius 3 is 2.35 bits per heavy atom. The van der Waals surface area contributed by atoms with Crippen LogP contribution in [0.4, 0.5) is 0 Å². The maximum atomic E-state index is 12.4. The van der Waals surface area contributed by atoms with Gasteiger partial charge in [0.1, 0.15) is 6.54 Å². The monoisotopic (exact) mass is 370 g/mol. The molecule has 0 aliphatic heterocycles. The van der Waals surface area contributed by atoms with Crippen LogP contribution < -0.4 is 4.72 Å². The zero-order chi connectivity index (χ0) is 18.9. The average Bonchev–Trinajstić information content (AvgIpc) is 2.90. The zero-order valence-electron chi connectivity index (χ0n) is 14.4. The number of aromatic nitrogens is 1. The van der Waals surface area contributed by atoms with Crippen molar-refractivity contribution in [2.45, 2.75) is 25.3 Å². The van der Waals surface area contributed by atoms with Gasteiger partial charge in [-0.2, -0.15) is 0 Å². The number of benzene rings is 2. The third kappa shape index (κ3) is 3.52. The second kappa shape index (κ2) is 6.76. The van der Waals surface area contributed by atoms with Crippen LogP contribution in [0.2, 0.25) is 0 Å². The van der Waals surface area contributed by atoms with Crippen LogP contribution >= 0.6 is 0 Å². The van der Waals surface area contributed by atoms with E-state index in [0.717, 1.165) is 16.6 Å². The largest absolute Gasteiger partial charge is 0.335 e. The predicted molar refractivity (Wildman–Crippen MR) is 98.5 cm³/mol. The Morgan fingerprint density at radius 2 is 1.69 bits per heavy atom. The van der Waals surface area contributed by atoms with Crippen molar-refractivity contribution in [1.29, 1.82) is 0 Å². The molecule has 0 spiro atoms. The standard InChI is InChI=1S/C19H18N2O4S/c1-13-11-16-5-3-4-6-18(16)21(13)12-19(23)20-26(24,25)17-9-7-15(8-10-17)14(2)22/h3-11H,12H2,1-2H3,(H,20,23). The highest BCUT2D eigenvalue weighted by molar-refractivity contribution is 7.90.